The molecule has 0 saturated carbocycles. The molecule has 0 aliphatic carbocycles. The van der Waals surface area contributed by atoms with E-state index in [1.165, 1.54) is 7.11 Å². The third kappa shape index (κ3) is 3.25. The summed E-state index contributed by atoms with van der Waals surface area (Å²) in [4.78, 5) is 11.3. The maximum Gasteiger partial charge on any atom is 0.337 e. The van der Waals surface area contributed by atoms with Crippen molar-refractivity contribution in [1.29, 1.82) is 0 Å². The Labute approximate surface area is 112 Å². The molecule has 4 nitrogen and oxygen atoms in total. The maximum absolute atomic E-state index is 11.3. The fourth-order valence-corrected chi connectivity index (χ4v) is 1.67. The van der Waals surface area contributed by atoms with Crippen LogP contribution in [0.1, 0.15) is 10.4 Å². The van der Waals surface area contributed by atoms with Gasteiger partial charge in [0.25, 0.3) is 0 Å². The Morgan fingerprint density at radius 2 is 1.74 bits per heavy atom. The minimum Gasteiger partial charge on any atom is -0.497 e. The van der Waals surface area contributed by atoms with Crippen LogP contribution >= 0.6 is 0 Å². The van der Waals surface area contributed by atoms with Gasteiger partial charge in [-0.2, -0.15) is 0 Å². The van der Waals surface area contributed by atoms with Crippen LogP contribution in [0.4, 0.5) is 11.4 Å². The molecule has 1 N–H and O–H groups in total. The number of hydrogen-bond acceptors (Lipinski definition) is 4. The van der Waals surface area contributed by atoms with Crippen LogP contribution in [0, 0.1) is 0 Å². The van der Waals surface area contributed by atoms with Gasteiger partial charge in [0.15, 0.2) is 0 Å². The Hall–Kier alpha value is -2.49. The second kappa shape index (κ2) is 5.91. The summed E-state index contributed by atoms with van der Waals surface area (Å²) in [6.07, 6.45) is 0. The smallest absolute Gasteiger partial charge is 0.337 e. The van der Waals surface area contributed by atoms with Gasteiger partial charge in [-0.1, -0.05) is 6.07 Å². The van der Waals surface area contributed by atoms with E-state index in [0.717, 1.165) is 17.1 Å². The third-order valence-corrected chi connectivity index (χ3v) is 2.66. The van der Waals surface area contributed by atoms with Crippen LogP contribution in [0.25, 0.3) is 0 Å². The molecule has 0 aliphatic rings. The topological polar surface area (TPSA) is 47.6 Å². The van der Waals surface area contributed by atoms with Crippen molar-refractivity contribution in [2.24, 2.45) is 0 Å². The molecule has 0 unspecified atom stereocenters. The zero-order valence-electron chi connectivity index (χ0n) is 10.8. The van der Waals surface area contributed by atoms with E-state index < -0.39 is 0 Å². The summed E-state index contributed by atoms with van der Waals surface area (Å²) in [7, 11) is 3.00. The van der Waals surface area contributed by atoms with Crippen LogP contribution in [0.3, 0.4) is 0 Å². The number of benzene rings is 2. The molecule has 0 aromatic heterocycles. The average Bonchev–Trinajstić information content (AvgIpc) is 2.47. The highest BCUT2D eigenvalue weighted by atomic mass is 16.5. The predicted octanol–water partition coefficient (Wildman–Crippen LogP) is 3.23. The second-order valence-electron chi connectivity index (χ2n) is 3.93. The first-order valence-electron chi connectivity index (χ1n) is 5.82. The van der Waals surface area contributed by atoms with Crippen LogP contribution in [0.2, 0.25) is 0 Å². The molecule has 2 rings (SSSR count). The first-order valence-corrected chi connectivity index (χ1v) is 5.82. The van der Waals surface area contributed by atoms with Crippen LogP contribution in [0.5, 0.6) is 5.75 Å². The van der Waals surface area contributed by atoms with Crippen LogP contribution in [0.15, 0.2) is 48.5 Å². The summed E-state index contributed by atoms with van der Waals surface area (Å²) in [6, 6.07) is 14.7. The van der Waals surface area contributed by atoms with Gasteiger partial charge in [0, 0.05) is 17.4 Å². The van der Waals surface area contributed by atoms with Gasteiger partial charge in [-0.25, -0.2) is 4.79 Å². The van der Waals surface area contributed by atoms with Crippen molar-refractivity contribution in [1.82, 2.24) is 0 Å². The summed E-state index contributed by atoms with van der Waals surface area (Å²) in [5.74, 6) is 0.448. The molecule has 19 heavy (non-hydrogen) atoms. The van der Waals surface area contributed by atoms with Gasteiger partial charge < -0.3 is 14.8 Å². The first-order chi connectivity index (χ1) is 9.22. The minimum absolute atomic E-state index is 0.340. The van der Waals surface area contributed by atoms with Gasteiger partial charge in [-0.05, 0) is 36.4 Å². The van der Waals surface area contributed by atoms with E-state index in [1.54, 1.807) is 19.2 Å². The number of anilines is 2. The van der Waals surface area contributed by atoms with E-state index >= 15 is 0 Å². The Morgan fingerprint density at radius 1 is 1.00 bits per heavy atom. The lowest BCUT2D eigenvalue weighted by Gasteiger charge is -2.08. The molecule has 0 bridgehead atoms. The van der Waals surface area contributed by atoms with Crippen molar-refractivity contribution in [2.75, 3.05) is 19.5 Å². The first kappa shape index (κ1) is 13.0. The number of nitrogens with one attached hydrogen (secondary N) is 1. The summed E-state index contributed by atoms with van der Waals surface area (Å²) in [5.41, 5.74) is 2.34. The molecule has 0 saturated heterocycles. The number of ether oxygens (including phenoxy) is 2. The van der Waals surface area contributed by atoms with Gasteiger partial charge >= 0.3 is 5.97 Å². The Morgan fingerprint density at radius 3 is 2.37 bits per heavy atom. The van der Waals surface area contributed by atoms with Crippen molar-refractivity contribution >= 4 is 17.3 Å². The van der Waals surface area contributed by atoms with Crippen molar-refractivity contribution < 1.29 is 14.3 Å². The van der Waals surface area contributed by atoms with Crippen molar-refractivity contribution in [3.8, 4) is 5.75 Å². The zero-order valence-corrected chi connectivity index (χ0v) is 10.8. The lowest BCUT2D eigenvalue weighted by Crippen LogP contribution is -2.00. The van der Waals surface area contributed by atoms with E-state index in [1.807, 2.05) is 36.4 Å². The lowest BCUT2D eigenvalue weighted by molar-refractivity contribution is 0.0601. The predicted molar refractivity (Wildman–Crippen MR) is 74.1 cm³/mol. The number of carbonyl (C=O) groups excluding carboxylic acids is 1. The molecule has 4 heteroatoms. The molecule has 0 aliphatic heterocycles. The molecule has 2 aromatic carbocycles. The molecule has 0 fully saturated rings. The molecule has 0 atom stereocenters. The van der Waals surface area contributed by atoms with Crippen molar-refractivity contribution in [3.63, 3.8) is 0 Å². The highest BCUT2D eigenvalue weighted by molar-refractivity contribution is 5.89. The van der Waals surface area contributed by atoms with Crippen molar-refractivity contribution in [3.05, 3.63) is 54.1 Å². The van der Waals surface area contributed by atoms with Crippen molar-refractivity contribution in [2.45, 2.75) is 0 Å². The average molecular weight is 257 g/mol. The SMILES string of the molecule is COC(=O)c1ccc(Nc2cccc(OC)c2)cc1. The monoisotopic (exact) mass is 257 g/mol. The second-order valence-corrected chi connectivity index (χ2v) is 3.93. The molecule has 98 valence electrons. The summed E-state index contributed by atoms with van der Waals surface area (Å²) in [5, 5.41) is 3.23. The number of carbonyl (C=O) groups is 1. The number of rotatable bonds is 4. The summed E-state index contributed by atoms with van der Waals surface area (Å²) >= 11 is 0. The fourth-order valence-electron chi connectivity index (χ4n) is 1.67. The van der Waals surface area contributed by atoms with Gasteiger partial charge in [-0.3, -0.25) is 0 Å². The lowest BCUT2D eigenvalue weighted by atomic mass is 10.2. The highest BCUT2D eigenvalue weighted by Gasteiger charge is 2.04. The number of esters is 1. The Bertz CT molecular complexity index is 564. The molecule has 0 spiro atoms. The molecular weight excluding hydrogens is 242 g/mol. The minimum atomic E-state index is -0.340. The maximum atomic E-state index is 11.3. The summed E-state index contributed by atoms with van der Waals surface area (Å²) in [6.45, 7) is 0. The van der Waals surface area contributed by atoms with Gasteiger partial charge in [0.2, 0.25) is 0 Å². The fraction of sp³-hybridized carbons (Fsp3) is 0.133. The summed E-state index contributed by atoms with van der Waals surface area (Å²) < 4.78 is 9.81. The van der Waals surface area contributed by atoms with E-state index in [0.29, 0.717) is 5.56 Å². The zero-order chi connectivity index (χ0) is 13.7. The Kier molecular flexibility index (Phi) is 4.03. The number of hydrogen-bond donors (Lipinski definition) is 1. The molecule has 0 amide bonds. The van der Waals surface area contributed by atoms with Crippen LogP contribution < -0.4 is 10.1 Å². The number of methoxy groups -OCH3 is 2. The molecule has 0 radical (unpaired) electrons. The third-order valence-electron chi connectivity index (χ3n) is 2.66. The normalized spacial score (nSPS) is 9.79. The highest BCUT2D eigenvalue weighted by Crippen LogP contribution is 2.21. The van der Waals surface area contributed by atoms with Crippen LogP contribution in [-0.2, 0) is 4.74 Å². The molecular formula is C15H15NO3. The van der Waals surface area contributed by atoms with E-state index in [2.05, 4.69) is 10.1 Å². The largest absolute Gasteiger partial charge is 0.497 e. The van der Waals surface area contributed by atoms with E-state index in [-0.39, 0.29) is 5.97 Å². The molecule has 0 heterocycles. The Balaban J connectivity index is 2.12. The van der Waals surface area contributed by atoms with Gasteiger partial charge in [0.05, 0.1) is 19.8 Å². The van der Waals surface area contributed by atoms with Gasteiger partial charge in [-0.15, -0.1) is 0 Å². The standard InChI is InChI=1S/C15H15NO3/c1-18-14-5-3-4-13(10-14)16-12-8-6-11(7-9-12)15(17)19-2/h3-10,16H,1-2H3. The molecule has 2 aromatic rings. The van der Waals surface area contributed by atoms with E-state index in [4.69, 9.17) is 4.74 Å². The van der Waals surface area contributed by atoms with Gasteiger partial charge in [0.1, 0.15) is 5.75 Å². The van der Waals surface area contributed by atoms with E-state index in [9.17, 15) is 4.79 Å². The van der Waals surface area contributed by atoms with Crippen LogP contribution in [-0.4, -0.2) is 20.2 Å². The quantitative estimate of drug-likeness (QED) is 0.854.